The molecule has 0 atom stereocenters. The molecule has 0 amide bonds. The van der Waals surface area contributed by atoms with Gasteiger partial charge in [-0.15, -0.1) is 0 Å². The first-order valence-corrected chi connectivity index (χ1v) is 4.68. The summed E-state index contributed by atoms with van der Waals surface area (Å²) in [6.45, 7) is 0.176. The lowest BCUT2D eigenvalue weighted by Gasteiger charge is -2.12. The van der Waals surface area contributed by atoms with E-state index in [4.69, 9.17) is 0 Å². The molecule has 0 bridgehead atoms. The molecule has 0 saturated heterocycles. The average molecular weight is 226 g/mol. The third kappa shape index (κ3) is 2.24. The second-order valence-corrected chi connectivity index (χ2v) is 3.39. The fraction of sp³-hybridized carbons (Fsp3) is 0.182. The number of hydrogen-bond acceptors (Lipinski definition) is 1. The topological polar surface area (TPSA) is 17.8 Å². The third-order valence-corrected chi connectivity index (χ3v) is 2.23. The summed E-state index contributed by atoms with van der Waals surface area (Å²) in [6.07, 6.45) is 0.355. The summed E-state index contributed by atoms with van der Waals surface area (Å²) in [4.78, 5) is 3.79. The lowest BCUT2D eigenvalue weighted by atomic mass is 10.1. The number of nitrogens with zero attached hydrogens (tertiary/aromatic N) is 2. The molecular formula is C11H9F3N2. The lowest BCUT2D eigenvalue weighted by molar-refractivity contribution is -0.138. The highest BCUT2D eigenvalue weighted by molar-refractivity contribution is 5.29. The lowest BCUT2D eigenvalue weighted by Crippen LogP contribution is -2.10. The Kier molecular flexibility index (Phi) is 2.68. The first-order chi connectivity index (χ1) is 7.57. The fourth-order valence-corrected chi connectivity index (χ4v) is 1.51. The zero-order chi connectivity index (χ0) is 11.6. The first-order valence-electron chi connectivity index (χ1n) is 4.68. The van der Waals surface area contributed by atoms with Crippen LogP contribution in [0.15, 0.2) is 43.0 Å². The van der Waals surface area contributed by atoms with E-state index in [9.17, 15) is 13.2 Å². The van der Waals surface area contributed by atoms with Gasteiger partial charge in [-0.1, -0.05) is 18.2 Å². The van der Waals surface area contributed by atoms with Gasteiger partial charge in [0.25, 0.3) is 0 Å². The van der Waals surface area contributed by atoms with Gasteiger partial charge in [-0.2, -0.15) is 13.2 Å². The Labute approximate surface area is 90.4 Å². The number of alkyl halides is 3. The fourth-order valence-electron chi connectivity index (χ4n) is 1.51. The van der Waals surface area contributed by atoms with Crippen molar-refractivity contribution in [2.75, 3.05) is 0 Å². The first kappa shape index (κ1) is 10.7. The highest BCUT2D eigenvalue weighted by Gasteiger charge is 2.32. The smallest absolute Gasteiger partial charge is 0.333 e. The molecule has 84 valence electrons. The van der Waals surface area contributed by atoms with Crippen LogP contribution < -0.4 is 0 Å². The van der Waals surface area contributed by atoms with Crippen molar-refractivity contribution in [1.82, 2.24) is 9.55 Å². The van der Waals surface area contributed by atoms with E-state index in [1.807, 2.05) is 0 Å². The van der Waals surface area contributed by atoms with Crippen LogP contribution in [0.5, 0.6) is 0 Å². The minimum Gasteiger partial charge on any atom is -0.333 e. The molecule has 0 saturated carbocycles. The van der Waals surface area contributed by atoms with Crippen molar-refractivity contribution in [2.45, 2.75) is 12.7 Å². The van der Waals surface area contributed by atoms with Gasteiger partial charge >= 0.3 is 6.18 Å². The Bertz CT molecular complexity index is 460. The maximum Gasteiger partial charge on any atom is 0.416 e. The Morgan fingerprint density at radius 3 is 2.56 bits per heavy atom. The number of aromatic nitrogens is 2. The quantitative estimate of drug-likeness (QED) is 0.769. The van der Waals surface area contributed by atoms with E-state index >= 15 is 0 Å². The molecule has 2 rings (SSSR count). The van der Waals surface area contributed by atoms with Crippen molar-refractivity contribution in [1.29, 1.82) is 0 Å². The Balaban J connectivity index is 2.34. The molecule has 2 aromatic rings. The Morgan fingerprint density at radius 2 is 1.94 bits per heavy atom. The van der Waals surface area contributed by atoms with E-state index in [2.05, 4.69) is 4.98 Å². The van der Waals surface area contributed by atoms with Gasteiger partial charge in [-0.3, -0.25) is 0 Å². The van der Waals surface area contributed by atoms with E-state index in [0.717, 1.165) is 6.07 Å². The highest BCUT2D eigenvalue weighted by atomic mass is 19.4. The number of imidazole rings is 1. The molecule has 0 unspecified atom stereocenters. The summed E-state index contributed by atoms with van der Waals surface area (Å²) in [7, 11) is 0. The van der Waals surface area contributed by atoms with Gasteiger partial charge in [0, 0.05) is 18.9 Å². The molecular weight excluding hydrogens is 217 g/mol. The van der Waals surface area contributed by atoms with Crippen LogP contribution in [0.4, 0.5) is 13.2 Å². The van der Waals surface area contributed by atoms with E-state index < -0.39 is 11.7 Å². The molecule has 1 aromatic carbocycles. The van der Waals surface area contributed by atoms with Crippen molar-refractivity contribution in [3.05, 3.63) is 54.1 Å². The molecule has 0 N–H and O–H groups in total. The average Bonchev–Trinajstić information content (AvgIpc) is 2.70. The van der Waals surface area contributed by atoms with E-state index in [0.29, 0.717) is 0 Å². The zero-order valence-electron chi connectivity index (χ0n) is 8.28. The molecule has 0 spiro atoms. The predicted octanol–water partition coefficient (Wildman–Crippen LogP) is 2.95. The van der Waals surface area contributed by atoms with Crippen molar-refractivity contribution >= 4 is 0 Å². The normalized spacial score (nSPS) is 11.7. The van der Waals surface area contributed by atoms with Crippen molar-refractivity contribution < 1.29 is 13.2 Å². The molecule has 0 fully saturated rings. The van der Waals surface area contributed by atoms with Gasteiger partial charge < -0.3 is 4.57 Å². The van der Waals surface area contributed by atoms with Gasteiger partial charge in [0.1, 0.15) is 0 Å². The van der Waals surface area contributed by atoms with Crippen LogP contribution in [0.25, 0.3) is 0 Å². The van der Waals surface area contributed by atoms with Crippen LogP contribution in [0.3, 0.4) is 0 Å². The molecule has 0 aliphatic carbocycles. The zero-order valence-corrected chi connectivity index (χ0v) is 8.28. The van der Waals surface area contributed by atoms with Gasteiger partial charge in [0.2, 0.25) is 0 Å². The molecule has 1 aromatic heterocycles. The largest absolute Gasteiger partial charge is 0.416 e. The summed E-state index contributed by atoms with van der Waals surface area (Å²) in [5, 5.41) is 0. The molecule has 0 aliphatic heterocycles. The standard InChI is InChI=1S/C11H9F3N2/c12-11(13,14)10-4-2-1-3-9(10)7-16-6-5-15-8-16/h1-6,8H,7H2. The van der Waals surface area contributed by atoms with Crippen LogP contribution in [-0.4, -0.2) is 9.55 Å². The monoisotopic (exact) mass is 226 g/mol. The molecule has 2 nitrogen and oxygen atoms in total. The maximum atomic E-state index is 12.7. The SMILES string of the molecule is FC(F)(F)c1ccccc1Cn1ccnc1. The van der Waals surface area contributed by atoms with Gasteiger partial charge in [0.15, 0.2) is 0 Å². The van der Waals surface area contributed by atoms with Gasteiger partial charge in [-0.05, 0) is 11.6 Å². The second kappa shape index (κ2) is 4.00. The summed E-state index contributed by atoms with van der Waals surface area (Å²) < 4.78 is 39.6. The van der Waals surface area contributed by atoms with Crippen molar-refractivity contribution in [3.8, 4) is 0 Å². The van der Waals surface area contributed by atoms with E-state index in [1.165, 1.54) is 24.7 Å². The van der Waals surface area contributed by atoms with Crippen LogP contribution in [0.1, 0.15) is 11.1 Å². The number of halogens is 3. The van der Waals surface area contributed by atoms with Crippen LogP contribution in [-0.2, 0) is 12.7 Å². The number of rotatable bonds is 2. The second-order valence-electron chi connectivity index (χ2n) is 3.39. The minimum atomic E-state index is -4.31. The summed E-state index contributed by atoms with van der Waals surface area (Å²) in [6, 6.07) is 5.55. The minimum absolute atomic E-state index is 0.176. The van der Waals surface area contributed by atoms with Crippen molar-refractivity contribution in [3.63, 3.8) is 0 Å². The van der Waals surface area contributed by atoms with Crippen LogP contribution in [0, 0.1) is 0 Å². The summed E-state index contributed by atoms with van der Waals surface area (Å²) >= 11 is 0. The summed E-state index contributed by atoms with van der Waals surface area (Å²) in [5.74, 6) is 0. The third-order valence-electron chi connectivity index (χ3n) is 2.23. The molecule has 5 heteroatoms. The van der Waals surface area contributed by atoms with Crippen LogP contribution in [0.2, 0.25) is 0 Å². The number of benzene rings is 1. The van der Waals surface area contributed by atoms with Gasteiger partial charge in [-0.25, -0.2) is 4.98 Å². The molecule has 0 aliphatic rings. The molecule has 0 radical (unpaired) electrons. The highest BCUT2D eigenvalue weighted by Crippen LogP contribution is 2.32. The Hall–Kier alpha value is -1.78. The molecule has 16 heavy (non-hydrogen) atoms. The van der Waals surface area contributed by atoms with E-state index in [-0.39, 0.29) is 12.1 Å². The number of hydrogen-bond donors (Lipinski definition) is 0. The molecule has 1 heterocycles. The maximum absolute atomic E-state index is 12.7. The predicted molar refractivity (Wildman–Crippen MR) is 52.8 cm³/mol. The summed E-state index contributed by atoms with van der Waals surface area (Å²) in [5.41, 5.74) is -0.350. The van der Waals surface area contributed by atoms with Crippen molar-refractivity contribution in [2.24, 2.45) is 0 Å². The van der Waals surface area contributed by atoms with E-state index in [1.54, 1.807) is 16.8 Å². The van der Waals surface area contributed by atoms with Gasteiger partial charge in [0.05, 0.1) is 11.9 Å². The van der Waals surface area contributed by atoms with Crippen LogP contribution >= 0.6 is 0 Å². The Morgan fingerprint density at radius 1 is 1.19 bits per heavy atom.